The summed E-state index contributed by atoms with van der Waals surface area (Å²) in [4.78, 5) is 0. The molecule has 0 fully saturated rings. The van der Waals surface area contributed by atoms with E-state index in [0.717, 1.165) is 23.3 Å². The van der Waals surface area contributed by atoms with Gasteiger partial charge in [0, 0.05) is 0 Å². The first-order valence-corrected chi connectivity index (χ1v) is 6.50. The number of hydrogen-bond donors (Lipinski definition) is 0. The smallest absolute Gasteiger partial charge is 0.119 e. The monoisotopic (exact) mass is 251 g/mol. The third kappa shape index (κ3) is 3.35. The summed E-state index contributed by atoms with van der Waals surface area (Å²) >= 11 is 0. The van der Waals surface area contributed by atoms with Gasteiger partial charge in [-0.1, -0.05) is 31.2 Å². The Morgan fingerprint density at radius 1 is 1.00 bits per heavy atom. The summed E-state index contributed by atoms with van der Waals surface area (Å²) in [6.07, 6.45) is 1.23. The average Bonchev–Trinajstić information content (AvgIpc) is 2.48. The van der Waals surface area contributed by atoms with E-state index in [9.17, 15) is 0 Å². The molecule has 96 valence electrons. The van der Waals surface area contributed by atoms with Crippen LogP contribution in [0.1, 0.15) is 25.8 Å². The molecule has 2 aromatic carbocycles. The molecule has 0 aliphatic heterocycles. The van der Waals surface area contributed by atoms with Crippen molar-refractivity contribution < 1.29 is 4.74 Å². The maximum absolute atomic E-state index is 8.78. The van der Waals surface area contributed by atoms with Gasteiger partial charge in [-0.3, -0.25) is 0 Å². The minimum absolute atomic E-state index is 0.237. The lowest BCUT2D eigenvalue weighted by Gasteiger charge is -2.12. The molecule has 0 aliphatic rings. The highest BCUT2D eigenvalue weighted by Gasteiger charge is 2.02. The highest BCUT2D eigenvalue weighted by molar-refractivity contribution is 5.64. The second-order valence-corrected chi connectivity index (χ2v) is 4.55. The van der Waals surface area contributed by atoms with Crippen molar-refractivity contribution >= 4 is 0 Å². The second kappa shape index (κ2) is 6.06. The van der Waals surface area contributed by atoms with Crippen molar-refractivity contribution in [3.63, 3.8) is 0 Å². The van der Waals surface area contributed by atoms with Crippen LogP contribution >= 0.6 is 0 Å². The van der Waals surface area contributed by atoms with Crippen LogP contribution in [0.4, 0.5) is 0 Å². The van der Waals surface area contributed by atoms with Crippen LogP contribution in [0, 0.1) is 11.3 Å². The van der Waals surface area contributed by atoms with Gasteiger partial charge in [-0.15, -0.1) is 0 Å². The van der Waals surface area contributed by atoms with Gasteiger partial charge in [0.05, 0.1) is 17.7 Å². The lowest BCUT2D eigenvalue weighted by atomic mass is 10.0. The van der Waals surface area contributed by atoms with Crippen molar-refractivity contribution in [2.75, 3.05) is 0 Å². The third-order valence-corrected chi connectivity index (χ3v) is 3.11. The zero-order chi connectivity index (χ0) is 13.7. The number of ether oxygens (including phenoxy) is 1. The van der Waals surface area contributed by atoms with E-state index >= 15 is 0 Å². The Bertz CT molecular complexity index is 564. The molecule has 0 amide bonds. The van der Waals surface area contributed by atoms with Gasteiger partial charge >= 0.3 is 0 Å². The van der Waals surface area contributed by atoms with Gasteiger partial charge in [0.1, 0.15) is 5.75 Å². The van der Waals surface area contributed by atoms with Gasteiger partial charge in [0.25, 0.3) is 0 Å². The topological polar surface area (TPSA) is 33.0 Å². The molecule has 1 atom stereocenters. The number of benzene rings is 2. The Morgan fingerprint density at radius 3 is 2.00 bits per heavy atom. The normalized spacial score (nSPS) is 11.6. The molecule has 0 aliphatic carbocycles. The molecule has 2 aromatic rings. The van der Waals surface area contributed by atoms with E-state index in [1.54, 1.807) is 0 Å². The molecular formula is C17H17NO. The van der Waals surface area contributed by atoms with Crippen LogP contribution in [0.2, 0.25) is 0 Å². The molecule has 2 rings (SSSR count). The van der Waals surface area contributed by atoms with E-state index in [4.69, 9.17) is 10.00 Å². The number of nitrogens with zero attached hydrogens (tertiary/aromatic N) is 1. The van der Waals surface area contributed by atoms with Crippen molar-refractivity contribution in [1.29, 1.82) is 5.26 Å². The van der Waals surface area contributed by atoms with Crippen molar-refractivity contribution in [2.45, 2.75) is 26.4 Å². The fourth-order valence-electron chi connectivity index (χ4n) is 1.78. The summed E-state index contributed by atoms with van der Waals surface area (Å²) in [6.45, 7) is 4.17. The average molecular weight is 251 g/mol. The maximum atomic E-state index is 8.78. The minimum Gasteiger partial charge on any atom is -0.491 e. The van der Waals surface area contributed by atoms with Gasteiger partial charge in [0.15, 0.2) is 0 Å². The molecule has 2 nitrogen and oxygen atoms in total. The largest absolute Gasteiger partial charge is 0.491 e. The summed E-state index contributed by atoms with van der Waals surface area (Å²) in [5, 5.41) is 8.78. The van der Waals surface area contributed by atoms with Gasteiger partial charge < -0.3 is 4.74 Å². The van der Waals surface area contributed by atoms with Gasteiger partial charge in [-0.25, -0.2) is 0 Å². The lowest BCUT2D eigenvalue weighted by molar-refractivity contribution is 0.217. The first-order chi connectivity index (χ1) is 9.22. The first kappa shape index (κ1) is 13.2. The molecule has 0 N–H and O–H groups in total. The maximum Gasteiger partial charge on any atom is 0.119 e. The second-order valence-electron chi connectivity index (χ2n) is 4.55. The molecule has 19 heavy (non-hydrogen) atoms. The molecule has 2 heteroatoms. The Labute approximate surface area is 114 Å². The molecule has 0 unspecified atom stereocenters. The molecule has 0 spiro atoms. The van der Waals surface area contributed by atoms with Crippen molar-refractivity contribution in [3.8, 4) is 22.9 Å². The SMILES string of the molecule is CC[C@H](C)Oc1ccc(-c2ccc(C#N)cc2)cc1. The molecule has 0 aromatic heterocycles. The van der Waals surface area contributed by atoms with Crippen LogP contribution in [0.15, 0.2) is 48.5 Å². The third-order valence-electron chi connectivity index (χ3n) is 3.11. The Hall–Kier alpha value is -2.27. The lowest BCUT2D eigenvalue weighted by Crippen LogP contribution is -2.09. The highest BCUT2D eigenvalue weighted by atomic mass is 16.5. The quantitative estimate of drug-likeness (QED) is 0.806. The van der Waals surface area contributed by atoms with Crippen molar-refractivity contribution in [3.05, 3.63) is 54.1 Å². The molecule has 0 bridgehead atoms. The van der Waals surface area contributed by atoms with Gasteiger partial charge in [0.2, 0.25) is 0 Å². The zero-order valence-corrected chi connectivity index (χ0v) is 11.3. The Balaban J connectivity index is 2.15. The van der Waals surface area contributed by atoms with E-state index in [0.29, 0.717) is 5.56 Å². The summed E-state index contributed by atoms with van der Waals surface area (Å²) in [6, 6.07) is 17.8. The number of hydrogen-bond acceptors (Lipinski definition) is 2. The van der Waals surface area contributed by atoms with E-state index < -0.39 is 0 Å². The molecule has 0 saturated heterocycles. The summed E-state index contributed by atoms with van der Waals surface area (Å²) in [5.74, 6) is 0.895. The van der Waals surface area contributed by atoms with Crippen LogP contribution in [0.25, 0.3) is 11.1 Å². The van der Waals surface area contributed by atoms with Crippen LogP contribution in [-0.4, -0.2) is 6.10 Å². The fourth-order valence-corrected chi connectivity index (χ4v) is 1.78. The highest BCUT2D eigenvalue weighted by Crippen LogP contribution is 2.23. The first-order valence-electron chi connectivity index (χ1n) is 6.50. The Kier molecular flexibility index (Phi) is 4.20. The summed E-state index contributed by atoms with van der Waals surface area (Å²) in [5.41, 5.74) is 2.91. The van der Waals surface area contributed by atoms with Crippen LogP contribution in [0.5, 0.6) is 5.75 Å². The Morgan fingerprint density at radius 2 is 1.53 bits per heavy atom. The number of nitriles is 1. The van der Waals surface area contributed by atoms with E-state index in [2.05, 4.69) is 19.9 Å². The predicted molar refractivity (Wildman–Crippen MR) is 77.0 cm³/mol. The number of rotatable bonds is 4. The van der Waals surface area contributed by atoms with Gasteiger partial charge in [-0.05, 0) is 48.7 Å². The summed E-state index contributed by atoms with van der Waals surface area (Å²) < 4.78 is 5.75. The fraction of sp³-hybridized carbons (Fsp3) is 0.235. The standard InChI is InChI=1S/C17H17NO/c1-3-13(2)19-17-10-8-16(9-11-17)15-6-4-14(12-18)5-7-15/h4-11,13H,3H2,1-2H3/t13-/m0/s1. The molecule has 0 radical (unpaired) electrons. The van der Waals surface area contributed by atoms with Crippen LogP contribution < -0.4 is 4.74 Å². The minimum atomic E-state index is 0.237. The summed E-state index contributed by atoms with van der Waals surface area (Å²) in [7, 11) is 0. The predicted octanol–water partition coefficient (Wildman–Crippen LogP) is 4.40. The zero-order valence-electron chi connectivity index (χ0n) is 11.3. The van der Waals surface area contributed by atoms with E-state index in [-0.39, 0.29) is 6.10 Å². The molecular weight excluding hydrogens is 234 g/mol. The van der Waals surface area contributed by atoms with Crippen molar-refractivity contribution in [1.82, 2.24) is 0 Å². The molecule has 0 saturated carbocycles. The van der Waals surface area contributed by atoms with E-state index in [1.165, 1.54) is 0 Å². The van der Waals surface area contributed by atoms with E-state index in [1.807, 2.05) is 48.5 Å². The van der Waals surface area contributed by atoms with Gasteiger partial charge in [-0.2, -0.15) is 5.26 Å². The van der Waals surface area contributed by atoms with Crippen LogP contribution in [0.3, 0.4) is 0 Å². The van der Waals surface area contributed by atoms with Crippen LogP contribution in [-0.2, 0) is 0 Å². The van der Waals surface area contributed by atoms with Crippen molar-refractivity contribution in [2.24, 2.45) is 0 Å². The molecule has 0 heterocycles.